The summed E-state index contributed by atoms with van der Waals surface area (Å²) in [6, 6.07) is 16.3. The minimum Gasteiger partial charge on any atom is -1.00 e. The maximum absolute atomic E-state index is 12.0. The number of phenolic OH excluding ortho intramolecular Hbond substituents is 1. The Bertz CT molecular complexity index is 1510. The number of nitrogens with zero attached hydrogens (tertiary/aromatic N) is 1. The number of aromatic hydroxyl groups is 1. The molecule has 3 aliphatic heterocycles. The first-order chi connectivity index (χ1) is 23.4. The molecule has 270 valence electrons. The predicted octanol–water partition coefficient (Wildman–Crippen LogP) is 0.988. The fourth-order valence-electron chi connectivity index (χ4n) is 8.29. The average Bonchev–Trinajstić information content (AvgIpc) is 3.67. The van der Waals surface area contributed by atoms with Gasteiger partial charge in [-0.2, -0.15) is 0 Å². The summed E-state index contributed by atoms with van der Waals surface area (Å²) >= 11 is 0. The zero-order chi connectivity index (χ0) is 33.4. The second-order valence-corrected chi connectivity index (χ2v) is 14.2. The second kappa shape index (κ2) is 17.7. The van der Waals surface area contributed by atoms with Crippen molar-refractivity contribution in [2.75, 3.05) is 72.3 Å². The molecule has 3 saturated heterocycles. The van der Waals surface area contributed by atoms with Crippen molar-refractivity contribution in [3.8, 4) is 5.75 Å². The van der Waals surface area contributed by atoms with E-state index < -0.39 is 11.7 Å². The first-order valence-corrected chi connectivity index (χ1v) is 18.0. The van der Waals surface area contributed by atoms with Gasteiger partial charge in [-0.05, 0) is 48.4 Å². The third kappa shape index (κ3) is 9.31. The third-order valence-corrected chi connectivity index (χ3v) is 11.2. The van der Waals surface area contributed by atoms with Crippen LogP contribution in [0.5, 0.6) is 5.75 Å². The summed E-state index contributed by atoms with van der Waals surface area (Å²) in [7, 11) is 0. The molecule has 0 amide bonds. The Morgan fingerprint density at radius 3 is 2.43 bits per heavy atom. The van der Waals surface area contributed by atoms with Gasteiger partial charge in [-0.3, -0.25) is 4.79 Å². The number of aromatic amines is 1. The number of nitrogens with one attached hydrogen (secondary N) is 2. The number of aromatic nitrogens is 1. The fourth-order valence-corrected chi connectivity index (χ4v) is 8.29. The Morgan fingerprint density at radius 2 is 1.67 bits per heavy atom. The van der Waals surface area contributed by atoms with Crippen molar-refractivity contribution < 1.29 is 51.0 Å². The smallest absolute Gasteiger partial charge is 0.248 e. The highest BCUT2D eigenvalue weighted by Crippen LogP contribution is 2.42. The van der Waals surface area contributed by atoms with Crippen molar-refractivity contribution >= 4 is 10.9 Å². The highest BCUT2D eigenvalue weighted by molar-refractivity contribution is 5.87. The van der Waals surface area contributed by atoms with E-state index in [1.54, 1.807) is 12.1 Å². The first kappa shape index (κ1) is 37.9. The number of H-pyrrole nitrogens is 1. The maximum atomic E-state index is 12.0. The lowest BCUT2D eigenvalue weighted by molar-refractivity contribution is -0.946. The Kier molecular flexibility index (Phi) is 13.7. The van der Waals surface area contributed by atoms with Crippen molar-refractivity contribution in [3.63, 3.8) is 0 Å². The number of pyridine rings is 1. The van der Waals surface area contributed by atoms with Crippen LogP contribution < -0.4 is 27.9 Å². The lowest BCUT2D eigenvalue weighted by Gasteiger charge is -2.52. The minimum atomic E-state index is -0.913. The molecule has 3 atom stereocenters. The lowest BCUT2D eigenvalue weighted by atomic mass is 9.80. The van der Waals surface area contributed by atoms with Gasteiger partial charge in [0.1, 0.15) is 30.5 Å². The summed E-state index contributed by atoms with van der Waals surface area (Å²) in [5.74, 6) is 0.827. The second-order valence-electron chi connectivity index (χ2n) is 14.2. The van der Waals surface area contributed by atoms with Crippen molar-refractivity contribution in [1.29, 1.82) is 0 Å². The highest BCUT2D eigenvalue weighted by Gasteiger charge is 2.48. The molecule has 0 spiro atoms. The number of hydrogen-bond acceptors (Lipinski definition) is 8. The van der Waals surface area contributed by atoms with Gasteiger partial charge >= 0.3 is 0 Å². The van der Waals surface area contributed by atoms with Crippen LogP contribution in [0.1, 0.15) is 62.2 Å². The molecule has 4 aliphatic rings. The van der Waals surface area contributed by atoms with Gasteiger partial charge in [-0.15, -0.1) is 0 Å². The van der Waals surface area contributed by atoms with Crippen LogP contribution in [0.25, 0.3) is 10.9 Å². The number of rotatable bonds is 18. The number of benzene rings is 2. The molecule has 0 unspecified atom stereocenters. The Labute approximate surface area is 300 Å². The normalized spacial score (nSPS) is 24.1. The largest absolute Gasteiger partial charge is 1.00 e. The molecule has 10 nitrogen and oxygen atoms in total. The average molecular weight is 745 g/mol. The molecule has 4 fully saturated rings. The minimum absolute atomic E-state index is 0. The Hall–Kier alpha value is -2.35. The zero-order valence-corrected chi connectivity index (χ0v) is 30.1. The summed E-state index contributed by atoms with van der Waals surface area (Å²) in [4.78, 5) is 14.3. The summed E-state index contributed by atoms with van der Waals surface area (Å²) in [6.07, 6.45) is 7.11. The molecular formula is C38H54BrN3O7. The fraction of sp³-hybridized carbons (Fsp3) is 0.605. The van der Waals surface area contributed by atoms with Crippen LogP contribution in [0, 0.1) is 11.8 Å². The van der Waals surface area contributed by atoms with E-state index in [2.05, 4.69) is 22.4 Å². The van der Waals surface area contributed by atoms with Crippen molar-refractivity contribution in [2.45, 2.75) is 62.8 Å². The van der Waals surface area contributed by atoms with Gasteiger partial charge in [0.2, 0.25) is 5.56 Å². The van der Waals surface area contributed by atoms with E-state index in [0.717, 1.165) is 49.0 Å². The number of fused-ring (bicyclic) bond motifs is 4. The standard InChI is InChI=1S/C38H53N3O7.BrH/c42-33-13-11-31(32-12-14-36(44)40-37(32)33)34(43)25-39-17-23-46-21-6-22-47-24-20-41-18-15-28(16-19-41)35(26-41)48-27-38(45,30-9-4-5-10-30)29-7-2-1-3-8-29;/h1-3,7-8,11-14,28,30,34-35,39,43,45H,4-6,9-10,15-27H2,(H-,40,42,44);1H/t28?,34-,35-,38+,41?;/m0./s1. The van der Waals surface area contributed by atoms with E-state index in [1.165, 1.54) is 50.9 Å². The van der Waals surface area contributed by atoms with Crippen molar-refractivity contribution in [3.05, 3.63) is 76.1 Å². The number of phenols is 1. The van der Waals surface area contributed by atoms with E-state index in [-0.39, 0.29) is 40.3 Å². The van der Waals surface area contributed by atoms with E-state index in [9.17, 15) is 20.1 Å². The Morgan fingerprint density at radius 1 is 0.939 bits per heavy atom. The molecule has 4 heterocycles. The molecule has 1 aromatic heterocycles. The van der Waals surface area contributed by atoms with Crippen molar-refractivity contribution in [2.24, 2.45) is 11.8 Å². The topological polar surface area (TPSA) is 133 Å². The first-order valence-electron chi connectivity index (χ1n) is 18.0. The zero-order valence-electron chi connectivity index (χ0n) is 28.5. The number of piperidine rings is 3. The van der Waals surface area contributed by atoms with Gasteiger partial charge in [0.25, 0.3) is 0 Å². The van der Waals surface area contributed by atoms with E-state index in [0.29, 0.717) is 61.9 Å². The summed E-state index contributed by atoms with van der Waals surface area (Å²) < 4.78 is 19.5. The van der Waals surface area contributed by atoms with Crippen LogP contribution >= 0.6 is 0 Å². The van der Waals surface area contributed by atoms with Gasteiger partial charge in [0.05, 0.1) is 44.5 Å². The van der Waals surface area contributed by atoms with Crippen LogP contribution in [-0.2, 0) is 19.8 Å². The monoisotopic (exact) mass is 743 g/mol. The SMILES string of the molecule is O=c1ccc2c([C@@H](O)CNCCOCCCOCC[N+]34CCC(CC3)[C@@H](OC[C@@](O)(c3ccccc3)C3CCCC3)C4)ccc(O)c2[nH]1.[Br-]. The molecule has 0 radical (unpaired) electrons. The number of aliphatic hydroxyl groups is 2. The maximum Gasteiger partial charge on any atom is 0.248 e. The van der Waals surface area contributed by atoms with Crippen LogP contribution in [0.3, 0.4) is 0 Å². The van der Waals surface area contributed by atoms with E-state index in [4.69, 9.17) is 14.2 Å². The van der Waals surface area contributed by atoms with Crippen LogP contribution in [0.15, 0.2) is 59.4 Å². The molecule has 7 rings (SSSR count). The van der Waals surface area contributed by atoms with E-state index >= 15 is 0 Å². The molecule has 2 aromatic carbocycles. The molecule has 3 aromatic rings. The molecule has 2 bridgehead atoms. The van der Waals surface area contributed by atoms with Gasteiger partial charge in [0, 0.05) is 56.5 Å². The quantitative estimate of drug-likeness (QED) is 0.0964. The lowest BCUT2D eigenvalue weighted by Crippen LogP contribution is -3.00. The number of ether oxygens (including phenoxy) is 3. The number of halogens is 1. The number of aliphatic hydroxyl groups excluding tert-OH is 1. The molecule has 11 heteroatoms. The van der Waals surface area contributed by atoms with Crippen LogP contribution in [-0.4, -0.2) is 103 Å². The predicted molar refractivity (Wildman–Crippen MR) is 185 cm³/mol. The number of quaternary nitrogens is 1. The highest BCUT2D eigenvalue weighted by atomic mass is 79.9. The van der Waals surface area contributed by atoms with Gasteiger partial charge in [-0.1, -0.05) is 49.2 Å². The van der Waals surface area contributed by atoms with Gasteiger partial charge in [0.15, 0.2) is 0 Å². The van der Waals surface area contributed by atoms with Gasteiger partial charge < -0.3 is 61.3 Å². The Balaban J connectivity index is 0.00000468. The third-order valence-electron chi connectivity index (χ3n) is 11.2. The molecule has 1 aliphatic carbocycles. The van der Waals surface area contributed by atoms with Crippen molar-refractivity contribution in [1.82, 2.24) is 10.3 Å². The van der Waals surface area contributed by atoms with Crippen LogP contribution in [0.2, 0.25) is 0 Å². The molecular weight excluding hydrogens is 690 g/mol. The molecule has 5 N–H and O–H groups in total. The molecule has 49 heavy (non-hydrogen) atoms. The summed E-state index contributed by atoms with van der Waals surface area (Å²) in [5, 5.41) is 36.5. The molecule has 1 saturated carbocycles. The summed E-state index contributed by atoms with van der Waals surface area (Å²) in [5.41, 5.74) is 0.748. The van der Waals surface area contributed by atoms with Gasteiger partial charge in [-0.25, -0.2) is 0 Å². The van der Waals surface area contributed by atoms with E-state index in [1.807, 2.05) is 18.2 Å². The summed E-state index contributed by atoms with van der Waals surface area (Å²) in [6.45, 7) is 8.22. The number of hydrogen-bond donors (Lipinski definition) is 5. The van der Waals surface area contributed by atoms with Crippen LogP contribution in [0.4, 0.5) is 0 Å².